The highest BCUT2D eigenvalue weighted by Crippen LogP contribution is 2.50. The molecule has 4 heteroatoms. The monoisotopic (exact) mass is 279 g/mol. The molecule has 3 rings (SSSR count). The van der Waals surface area contributed by atoms with Gasteiger partial charge in [0, 0.05) is 13.0 Å². The van der Waals surface area contributed by atoms with E-state index in [1.807, 2.05) is 6.92 Å². The van der Waals surface area contributed by atoms with Gasteiger partial charge in [-0.05, 0) is 56.3 Å². The first-order valence-corrected chi connectivity index (χ1v) is 8.10. The second-order valence-electron chi connectivity index (χ2n) is 6.98. The zero-order valence-corrected chi connectivity index (χ0v) is 12.3. The second-order valence-corrected chi connectivity index (χ2v) is 6.98. The largest absolute Gasteiger partial charge is 0.479 e. The number of rotatable bonds is 4. The zero-order valence-electron chi connectivity index (χ0n) is 12.3. The molecule has 20 heavy (non-hydrogen) atoms. The van der Waals surface area contributed by atoms with Gasteiger partial charge in [0.25, 0.3) is 0 Å². The van der Waals surface area contributed by atoms with Crippen molar-refractivity contribution in [1.29, 1.82) is 0 Å². The molecule has 0 spiro atoms. The molecule has 0 aromatic rings. The smallest absolute Gasteiger partial charge is 0.329 e. The molecular weight excluding hydrogens is 254 g/mol. The minimum atomic E-state index is -0.922. The summed E-state index contributed by atoms with van der Waals surface area (Å²) in [5.74, 6) is 1.35. The summed E-state index contributed by atoms with van der Waals surface area (Å²) in [6, 6.07) is 0. The van der Waals surface area contributed by atoms with E-state index in [0.717, 1.165) is 18.3 Å². The van der Waals surface area contributed by atoms with Crippen LogP contribution in [0.25, 0.3) is 0 Å². The Morgan fingerprint density at radius 3 is 2.65 bits per heavy atom. The van der Waals surface area contributed by atoms with Crippen molar-refractivity contribution in [3.8, 4) is 0 Å². The predicted octanol–water partition coefficient (Wildman–Crippen LogP) is 2.67. The van der Waals surface area contributed by atoms with Crippen LogP contribution in [0.15, 0.2) is 0 Å². The topological polar surface area (TPSA) is 57.6 Å². The van der Waals surface area contributed by atoms with Crippen molar-refractivity contribution in [1.82, 2.24) is 4.90 Å². The standard InChI is InChI=1S/C16H25NO3/c1-2-16(15(19)20)6-3-7-17(16)14(18)10-13-9-11-4-5-12(13)8-11/h11-13H,2-10H2,1H3,(H,19,20). The van der Waals surface area contributed by atoms with Gasteiger partial charge in [0.1, 0.15) is 5.54 Å². The molecule has 0 aromatic carbocycles. The third kappa shape index (κ3) is 2.04. The molecule has 3 aliphatic rings. The Labute approximate surface area is 120 Å². The zero-order chi connectivity index (χ0) is 14.3. The summed E-state index contributed by atoms with van der Waals surface area (Å²) in [4.78, 5) is 25.9. The number of carbonyl (C=O) groups is 2. The van der Waals surface area contributed by atoms with Crippen LogP contribution in [0.5, 0.6) is 0 Å². The van der Waals surface area contributed by atoms with E-state index in [1.165, 1.54) is 25.7 Å². The van der Waals surface area contributed by atoms with E-state index < -0.39 is 11.5 Å². The number of carbonyl (C=O) groups excluding carboxylic acids is 1. The number of nitrogens with zero attached hydrogens (tertiary/aromatic N) is 1. The fraction of sp³-hybridized carbons (Fsp3) is 0.875. The van der Waals surface area contributed by atoms with Crippen molar-refractivity contribution in [2.24, 2.45) is 17.8 Å². The Bertz CT molecular complexity index is 422. The first-order chi connectivity index (χ1) is 9.56. The maximum absolute atomic E-state index is 12.6. The molecule has 4 atom stereocenters. The Hall–Kier alpha value is -1.06. The van der Waals surface area contributed by atoms with Crippen molar-refractivity contribution >= 4 is 11.9 Å². The van der Waals surface area contributed by atoms with Crippen molar-refractivity contribution in [2.75, 3.05) is 6.54 Å². The van der Waals surface area contributed by atoms with E-state index in [2.05, 4.69) is 0 Å². The summed E-state index contributed by atoms with van der Waals surface area (Å²) < 4.78 is 0. The Balaban J connectivity index is 1.68. The van der Waals surface area contributed by atoms with Gasteiger partial charge in [-0.15, -0.1) is 0 Å². The summed E-state index contributed by atoms with van der Waals surface area (Å²) in [6.07, 6.45) is 7.64. The molecule has 3 fully saturated rings. The minimum absolute atomic E-state index is 0.0873. The molecule has 1 aliphatic heterocycles. The van der Waals surface area contributed by atoms with E-state index in [4.69, 9.17) is 0 Å². The number of likely N-dealkylation sites (tertiary alicyclic amines) is 1. The van der Waals surface area contributed by atoms with E-state index >= 15 is 0 Å². The molecule has 1 saturated heterocycles. The number of hydrogen-bond donors (Lipinski definition) is 1. The Morgan fingerprint density at radius 1 is 1.30 bits per heavy atom. The normalized spacial score (nSPS) is 39.5. The predicted molar refractivity (Wildman–Crippen MR) is 75.2 cm³/mol. The molecule has 4 unspecified atom stereocenters. The van der Waals surface area contributed by atoms with Gasteiger partial charge in [-0.2, -0.15) is 0 Å². The Kier molecular flexibility index (Phi) is 3.51. The van der Waals surface area contributed by atoms with Crippen LogP contribution in [0.1, 0.15) is 58.3 Å². The lowest BCUT2D eigenvalue weighted by Crippen LogP contribution is -2.53. The molecule has 2 saturated carbocycles. The van der Waals surface area contributed by atoms with E-state index in [0.29, 0.717) is 31.7 Å². The molecule has 0 aromatic heterocycles. The molecule has 1 N–H and O–H groups in total. The van der Waals surface area contributed by atoms with Crippen LogP contribution in [-0.2, 0) is 9.59 Å². The molecular formula is C16H25NO3. The number of carboxylic acid groups (broad SMARTS) is 1. The lowest BCUT2D eigenvalue weighted by molar-refractivity contribution is -0.157. The molecule has 1 amide bonds. The summed E-state index contributed by atoms with van der Waals surface area (Å²) in [5.41, 5.74) is -0.922. The van der Waals surface area contributed by atoms with Crippen molar-refractivity contribution in [3.63, 3.8) is 0 Å². The van der Waals surface area contributed by atoms with Gasteiger partial charge in [0.15, 0.2) is 0 Å². The van der Waals surface area contributed by atoms with Gasteiger partial charge in [0.05, 0.1) is 0 Å². The number of aliphatic carboxylic acids is 1. The van der Waals surface area contributed by atoms with Gasteiger partial charge < -0.3 is 10.0 Å². The van der Waals surface area contributed by atoms with Gasteiger partial charge in [-0.3, -0.25) is 4.79 Å². The van der Waals surface area contributed by atoms with Gasteiger partial charge in [-0.25, -0.2) is 4.79 Å². The number of hydrogen-bond acceptors (Lipinski definition) is 2. The van der Waals surface area contributed by atoms with Crippen molar-refractivity contribution in [3.05, 3.63) is 0 Å². The van der Waals surface area contributed by atoms with Crippen LogP contribution in [0.2, 0.25) is 0 Å². The SMILES string of the molecule is CCC1(C(=O)O)CCCN1C(=O)CC1CC2CCC1C2. The van der Waals surface area contributed by atoms with Gasteiger partial charge in [-0.1, -0.05) is 13.3 Å². The number of carboxylic acids is 1. The molecule has 0 radical (unpaired) electrons. The average molecular weight is 279 g/mol. The van der Waals surface area contributed by atoms with Crippen LogP contribution in [0.4, 0.5) is 0 Å². The average Bonchev–Trinajstić information content (AvgIpc) is 3.13. The van der Waals surface area contributed by atoms with E-state index in [1.54, 1.807) is 4.90 Å². The van der Waals surface area contributed by atoms with Crippen LogP contribution >= 0.6 is 0 Å². The van der Waals surface area contributed by atoms with Crippen molar-refractivity contribution in [2.45, 2.75) is 63.8 Å². The lowest BCUT2D eigenvalue weighted by atomic mass is 9.85. The van der Waals surface area contributed by atoms with Crippen LogP contribution in [0.3, 0.4) is 0 Å². The highest BCUT2D eigenvalue weighted by atomic mass is 16.4. The molecule has 4 nitrogen and oxygen atoms in total. The lowest BCUT2D eigenvalue weighted by Gasteiger charge is -2.35. The maximum Gasteiger partial charge on any atom is 0.329 e. The second kappa shape index (κ2) is 5.05. The summed E-state index contributed by atoms with van der Waals surface area (Å²) in [7, 11) is 0. The highest BCUT2D eigenvalue weighted by Gasteiger charge is 2.49. The number of amides is 1. The molecule has 2 aliphatic carbocycles. The van der Waals surface area contributed by atoms with E-state index in [9.17, 15) is 14.7 Å². The first-order valence-electron chi connectivity index (χ1n) is 8.10. The van der Waals surface area contributed by atoms with Crippen LogP contribution in [-0.4, -0.2) is 34.0 Å². The van der Waals surface area contributed by atoms with Crippen LogP contribution < -0.4 is 0 Å². The molecule has 112 valence electrons. The molecule has 1 heterocycles. The van der Waals surface area contributed by atoms with Gasteiger partial charge >= 0.3 is 5.97 Å². The highest BCUT2D eigenvalue weighted by molar-refractivity contribution is 5.87. The third-order valence-electron chi connectivity index (χ3n) is 6.09. The van der Waals surface area contributed by atoms with E-state index in [-0.39, 0.29) is 5.91 Å². The Morgan fingerprint density at radius 2 is 2.10 bits per heavy atom. The molecule has 2 bridgehead atoms. The maximum atomic E-state index is 12.6. The minimum Gasteiger partial charge on any atom is -0.479 e. The fourth-order valence-electron chi connectivity index (χ4n) is 4.94. The van der Waals surface area contributed by atoms with Crippen LogP contribution in [0, 0.1) is 17.8 Å². The summed E-state index contributed by atoms with van der Waals surface area (Å²) >= 11 is 0. The fourth-order valence-corrected chi connectivity index (χ4v) is 4.94. The first kappa shape index (κ1) is 13.9. The summed E-state index contributed by atoms with van der Waals surface area (Å²) in [6.45, 7) is 2.51. The number of fused-ring (bicyclic) bond motifs is 2. The summed E-state index contributed by atoms with van der Waals surface area (Å²) in [5, 5.41) is 9.56. The third-order valence-corrected chi connectivity index (χ3v) is 6.09. The van der Waals surface area contributed by atoms with Crippen molar-refractivity contribution < 1.29 is 14.7 Å². The van der Waals surface area contributed by atoms with Gasteiger partial charge in [0.2, 0.25) is 5.91 Å². The quantitative estimate of drug-likeness (QED) is 0.860.